The molecule has 0 amide bonds. The molecule has 24 heavy (non-hydrogen) atoms. The van der Waals surface area contributed by atoms with Crippen molar-refractivity contribution in [1.82, 2.24) is 0 Å². The van der Waals surface area contributed by atoms with Crippen LogP contribution in [0.1, 0.15) is 57.9 Å². The Morgan fingerprint density at radius 3 is 2.58 bits per heavy atom. The fraction of sp³-hybridized carbons (Fsp3) is 0.650. The fourth-order valence-electron chi connectivity index (χ4n) is 4.05. The van der Waals surface area contributed by atoms with Gasteiger partial charge >= 0.3 is 5.97 Å². The van der Waals surface area contributed by atoms with Crippen molar-refractivity contribution in [3.05, 3.63) is 35.4 Å². The molecule has 132 valence electrons. The quantitative estimate of drug-likeness (QED) is 0.717. The number of ether oxygens (including phenoxy) is 1. The Balaban J connectivity index is 1.62. The standard InChI is InChI=1S/C20H26F2O2/c1-11(2)14-6-4-12(3)8-19(14)24-20(23)16-10-15(16)13-5-7-17(21)18(22)9-13/h5,7,9,11-12,14-16,19H,4,6,8,10H2,1-3H3/t12-,14+,15?,16-,19-/m1/s1. The first-order valence-electron chi connectivity index (χ1n) is 9.02. The van der Waals surface area contributed by atoms with Crippen LogP contribution >= 0.6 is 0 Å². The third-order valence-corrected chi connectivity index (χ3v) is 5.69. The summed E-state index contributed by atoms with van der Waals surface area (Å²) in [5, 5.41) is 0. The molecule has 1 aromatic rings. The van der Waals surface area contributed by atoms with E-state index in [2.05, 4.69) is 20.8 Å². The minimum Gasteiger partial charge on any atom is -0.462 e. The Labute approximate surface area is 142 Å². The largest absolute Gasteiger partial charge is 0.462 e. The van der Waals surface area contributed by atoms with Crippen molar-refractivity contribution in [1.29, 1.82) is 0 Å². The minimum absolute atomic E-state index is 0.00699. The predicted octanol–water partition coefficient (Wildman–Crippen LogP) is 5.07. The van der Waals surface area contributed by atoms with Gasteiger partial charge in [-0.1, -0.05) is 33.3 Å². The highest BCUT2D eigenvalue weighted by Crippen LogP contribution is 2.49. The third-order valence-electron chi connectivity index (χ3n) is 5.69. The lowest BCUT2D eigenvalue weighted by Crippen LogP contribution is -2.36. The molecule has 2 fully saturated rings. The van der Waals surface area contributed by atoms with E-state index >= 15 is 0 Å². The maximum Gasteiger partial charge on any atom is 0.309 e. The fourth-order valence-corrected chi connectivity index (χ4v) is 4.05. The zero-order chi connectivity index (χ0) is 17.4. The van der Waals surface area contributed by atoms with Crippen molar-refractivity contribution < 1.29 is 18.3 Å². The van der Waals surface area contributed by atoms with Gasteiger partial charge in [-0.25, -0.2) is 8.78 Å². The SMILES string of the molecule is CC(C)[C@@H]1CC[C@@H](C)C[C@H]1OC(=O)[C@@H]1CC1c1ccc(F)c(F)c1. The van der Waals surface area contributed by atoms with Crippen LogP contribution in [0.2, 0.25) is 0 Å². The number of hydrogen-bond donors (Lipinski definition) is 0. The normalized spacial score (nSPS) is 32.7. The van der Waals surface area contributed by atoms with Crippen molar-refractivity contribution >= 4 is 5.97 Å². The zero-order valence-corrected chi connectivity index (χ0v) is 14.6. The topological polar surface area (TPSA) is 26.3 Å². The Morgan fingerprint density at radius 1 is 1.17 bits per heavy atom. The van der Waals surface area contributed by atoms with E-state index in [4.69, 9.17) is 4.74 Å². The van der Waals surface area contributed by atoms with E-state index in [0.29, 0.717) is 29.7 Å². The monoisotopic (exact) mass is 336 g/mol. The van der Waals surface area contributed by atoms with Crippen LogP contribution in [0.4, 0.5) is 8.78 Å². The van der Waals surface area contributed by atoms with Gasteiger partial charge in [0.15, 0.2) is 11.6 Å². The van der Waals surface area contributed by atoms with Gasteiger partial charge in [0, 0.05) is 0 Å². The molecule has 1 aromatic carbocycles. The lowest BCUT2D eigenvalue weighted by molar-refractivity contribution is -0.157. The molecule has 0 aromatic heterocycles. The van der Waals surface area contributed by atoms with E-state index in [1.807, 2.05) is 0 Å². The summed E-state index contributed by atoms with van der Waals surface area (Å²) < 4.78 is 32.3. The molecule has 0 heterocycles. The maximum atomic E-state index is 13.4. The number of carbonyl (C=O) groups excluding carboxylic acids is 1. The number of halogens is 2. The number of carbonyl (C=O) groups is 1. The van der Waals surface area contributed by atoms with Gasteiger partial charge in [-0.3, -0.25) is 4.79 Å². The second-order valence-corrected chi connectivity index (χ2v) is 7.92. The Morgan fingerprint density at radius 2 is 1.92 bits per heavy atom. The molecule has 2 saturated carbocycles. The summed E-state index contributed by atoms with van der Waals surface area (Å²) in [6.45, 7) is 6.57. The van der Waals surface area contributed by atoms with Crippen LogP contribution in [-0.4, -0.2) is 12.1 Å². The van der Waals surface area contributed by atoms with Crippen molar-refractivity contribution in [2.24, 2.45) is 23.7 Å². The minimum atomic E-state index is -0.854. The second-order valence-electron chi connectivity index (χ2n) is 7.92. The number of hydrogen-bond acceptors (Lipinski definition) is 2. The Hall–Kier alpha value is -1.45. The highest BCUT2D eigenvalue weighted by atomic mass is 19.2. The first-order valence-corrected chi connectivity index (χ1v) is 9.02. The summed E-state index contributed by atoms with van der Waals surface area (Å²) in [7, 11) is 0. The molecule has 3 rings (SSSR count). The summed E-state index contributed by atoms with van der Waals surface area (Å²) in [5.74, 6) is -0.622. The van der Waals surface area contributed by atoms with Gasteiger partial charge < -0.3 is 4.74 Å². The zero-order valence-electron chi connectivity index (χ0n) is 14.6. The average Bonchev–Trinajstić information content (AvgIpc) is 3.30. The van der Waals surface area contributed by atoms with Crippen LogP contribution < -0.4 is 0 Å². The Bertz CT molecular complexity index is 614. The molecule has 0 spiro atoms. The van der Waals surface area contributed by atoms with Gasteiger partial charge in [-0.05, 0) is 60.6 Å². The maximum absolute atomic E-state index is 13.4. The lowest BCUT2D eigenvalue weighted by atomic mass is 9.75. The van der Waals surface area contributed by atoms with Crippen molar-refractivity contribution in [3.63, 3.8) is 0 Å². The number of esters is 1. The first-order chi connectivity index (χ1) is 11.4. The summed E-state index contributed by atoms with van der Waals surface area (Å²) in [6, 6.07) is 3.89. The van der Waals surface area contributed by atoms with E-state index in [9.17, 15) is 13.6 Å². The van der Waals surface area contributed by atoms with Crippen LogP contribution in [0.15, 0.2) is 18.2 Å². The molecule has 2 aliphatic carbocycles. The molecule has 0 radical (unpaired) electrons. The molecule has 0 saturated heterocycles. The van der Waals surface area contributed by atoms with E-state index < -0.39 is 11.6 Å². The third kappa shape index (κ3) is 3.62. The van der Waals surface area contributed by atoms with E-state index in [1.165, 1.54) is 12.5 Å². The molecule has 0 aliphatic heterocycles. The molecule has 2 nitrogen and oxygen atoms in total. The summed E-state index contributed by atoms with van der Waals surface area (Å²) >= 11 is 0. The lowest BCUT2D eigenvalue weighted by Gasteiger charge is -2.36. The van der Waals surface area contributed by atoms with Crippen LogP contribution in [0.25, 0.3) is 0 Å². The highest BCUT2D eigenvalue weighted by molar-refractivity contribution is 5.77. The molecule has 2 aliphatic rings. The predicted molar refractivity (Wildman–Crippen MR) is 88.4 cm³/mol. The van der Waals surface area contributed by atoms with Crippen molar-refractivity contribution in [3.8, 4) is 0 Å². The van der Waals surface area contributed by atoms with Gasteiger partial charge in [0.2, 0.25) is 0 Å². The van der Waals surface area contributed by atoms with Gasteiger partial charge in [0.1, 0.15) is 6.10 Å². The molecule has 5 atom stereocenters. The summed E-state index contributed by atoms with van der Waals surface area (Å²) in [4.78, 5) is 12.5. The molecule has 0 N–H and O–H groups in total. The van der Waals surface area contributed by atoms with E-state index in [1.54, 1.807) is 6.07 Å². The van der Waals surface area contributed by atoms with E-state index in [-0.39, 0.29) is 23.9 Å². The second kappa shape index (κ2) is 6.81. The smallest absolute Gasteiger partial charge is 0.309 e. The van der Waals surface area contributed by atoms with Crippen LogP contribution in [0.3, 0.4) is 0 Å². The summed E-state index contributed by atoms with van der Waals surface area (Å²) in [6.07, 6.45) is 3.88. The number of rotatable bonds is 4. The molecular weight excluding hydrogens is 310 g/mol. The Kier molecular flexibility index (Phi) is 4.93. The van der Waals surface area contributed by atoms with Gasteiger partial charge in [-0.2, -0.15) is 0 Å². The van der Waals surface area contributed by atoms with Crippen LogP contribution in [-0.2, 0) is 9.53 Å². The molecule has 0 bridgehead atoms. The van der Waals surface area contributed by atoms with Crippen molar-refractivity contribution in [2.75, 3.05) is 0 Å². The van der Waals surface area contributed by atoms with Crippen LogP contribution in [0.5, 0.6) is 0 Å². The van der Waals surface area contributed by atoms with Gasteiger partial charge in [0.25, 0.3) is 0 Å². The molecular formula is C20H26F2O2. The van der Waals surface area contributed by atoms with Crippen LogP contribution in [0, 0.1) is 35.3 Å². The van der Waals surface area contributed by atoms with Gasteiger partial charge in [-0.15, -0.1) is 0 Å². The summed E-state index contributed by atoms with van der Waals surface area (Å²) in [5.41, 5.74) is 0.688. The molecule has 1 unspecified atom stereocenters. The first kappa shape index (κ1) is 17.4. The molecule has 4 heteroatoms. The highest BCUT2D eigenvalue weighted by Gasteiger charge is 2.47. The van der Waals surface area contributed by atoms with E-state index in [0.717, 1.165) is 18.9 Å². The van der Waals surface area contributed by atoms with Gasteiger partial charge in [0.05, 0.1) is 5.92 Å². The van der Waals surface area contributed by atoms with Crippen molar-refractivity contribution in [2.45, 2.75) is 58.5 Å². The average molecular weight is 336 g/mol. The number of benzene rings is 1.